The van der Waals surface area contributed by atoms with E-state index in [1.807, 2.05) is 30.3 Å². The van der Waals surface area contributed by atoms with E-state index >= 15 is 0 Å². The SMILES string of the molecule is CC(C)(C)[Si](C)(C)O[C@@H]1C[C@H](OCc2ccccc2)C(C=O)=C1C#C[Si](C)(C)C. The molecule has 2 atom stereocenters. The van der Waals surface area contributed by atoms with Gasteiger partial charge in [-0.3, -0.25) is 4.79 Å². The van der Waals surface area contributed by atoms with Crippen molar-refractivity contribution in [2.75, 3.05) is 0 Å². The lowest BCUT2D eigenvalue weighted by atomic mass is 10.1. The summed E-state index contributed by atoms with van der Waals surface area (Å²) in [5.74, 6) is 3.35. The van der Waals surface area contributed by atoms with Gasteiger partial charge in [-0.2, -0.15) is 0 Å². The van der Waals surface area contributed by atoms with Gasteiger partial charge in [0.1, 0.15) is 14.4 Å². The number of aldehydes is 1. The molecule has 0 saturated carbocycles. The van der Waals surface area contributed by atoms with Gasteiger partial charge in [-0.1, -0.05) is 76.7 Å². The zero-order valence-corrected chi connectivity index (χ0v) is 21.3. The van der Waals surface area contributed by atoms with Crippen molar-refractivity contribution in [1.29, 1.82) is 0 Å². The Morgan fingerprint density at radius 3 is 2.21 bits per heavy atom. The standard InChI is InChI=1S/C24H36O3Si2/c1-24(2,3)29(7,8)27-23-16-22(26-18-19-12-10-9-11-13-19)21(17-25)20(23)14-15-28(4,5)6/h9-13,17,22-23H,16,18H2,1-8H3/t22-,23+/m0/s1. The summed E-state index contributed by atoms with van der Waals surface area (Å²) in [7, 11) is -3.59. The van der Waals surface area contributed by atoms with Crippen molar-refractivity contribution in [3.63, 3.8) is 0 Å². The van der Waals surface area contributed by atoms with Crippen LogP contribution in [0.1, 0.15) is 32.8 Å². The molecule has 158 valence electrons. The van der Waals surface area contributed by atoms with E-state index in [-0.39, 0.29) is 17.2 Å². The maximum absolute atomic E-state index is 12.0. The lowest BCUT2D eigenvalue weighted by Gasteiger charge is -2.38. The van der Waals surface area contributed by atoms with Gasteiger partial charge in [-0.25, -0.2) is 0 Å². The zero-order chi connectivity index (χ0) is 21.9. The molecule has 1 aliphatic rings. The number of ether oxygens (including phenoxy) is 1. The van der Waals surface area contributed by atoms with E-state index in [2.05, 4.69) is 65.0 Å². The Morgan fingerprint density at radius 2 is 1.69 bits per heavy atom. The van der Waals surface area contributed by atoms with Crippen LogP contribution in [0.4, 0.5) is 0 Å². The van der Waals surface area contributed by atoms with Crippen LogP contribution >= 0.6 is 0 Å². The molecule has 1 aromatic carbocycles. The molecular formula is C24H36O3Si2. The van der Waals surface area contributed by atoms with Crippen molar-refractivity contribution in [2.24, 2.45) is 0 Å². The van der Waals surface area contributed by atoms with Crippen LogP contribution in [0.5, 0.6) is 0 Å². The highest BCUT2D eigenvalue weighted by Gasteiger charge is 2.43. The van der Waals surface area contributed by atoms with Crippen molar-refractivity contribution in [2.45, 2.75) is 83.8 Å². The number of benzene rings is 1. The summed E-state index contributed by atoms with van der Waals surface area (Å²) < 4.78 is 12.9. The Bertz CT molecular complexity index is 803. The summed E-state index contributed by atoms with van der Waals surface area (Å²) in [4.78, 5) is 12.0. The van der Waals surface area contributed by atoms with Crippen molar-refractivity contribution >= 4 is 22.7 Å². The van der Waals surface area contributed by atoms with Crippen LogP contribution in [-0.4, -0.2) is 34.9 Å². The molecule has 0 spiro atoms. The van der Waals surface area contributed by atoms with E-state index in [9.17, 15) is 4.79 Å². The van der Waals surface area contributed by atoms with Crippen LogP contribution in [0, 0.1) is 11.5 Å². The minimum atomic E-state index is -2.01. The van der Waals surface area contributed by atoms with Crippen LogP contribution in [0.15, 0.2) is 41.5 Å². The van der Waals surface area contributed by atoms with Crippen LogP contribution in [0.25, 0.3) is 0 Å². The van der Waals surface area contributed by atoms with Crippen LogP contribution < -0.4 is 0 Å². The lowest BCUT2D eigenvalue weighted by Crippen LogP contribution is -2.44. The third-order valence-corrected chi connectivity index (χ3v) is 11.0. The summed E-state index contributed by atoms with van der Waals surface area (Å²) in [6.45, 7) is 18.3. The molecule has 2 rings (SSSR count). The Kier molecular flexibility index (Phi) is 7.50. The normalized spacial score (nSPS) is 20.4. The molecule has 0 aliphatic heterocycles. The van der Waals surface area contributed by atoms with Crippen molar-refractivity contribution in [3.05, 3.63) is 47.0 Å². The van der Waals surface area contributed by atoms with Crippen LogP contribution in [-0.2, 0) is 20.6 Å². The Labute approximate surface area is 179 Å². The van der Waals surface area contributed by atoms with Crippen molar-refractivity contribution in [3.8, 4) is 11.5 Å². The molecular weight excluding hydrogens is 392 g/mol. The second-order valence-corrected chi connectivity index (χ2v) is 19.9. The Morgan fingerprint density at radius 1 is 1.07 bits per heavy atom. The van der Waals surface area contributed by atoms with Crippen molar-refractivity contribution < 1.29 is 14.0 Å². The summed E-state index contributed by atoms with van der Waals surface area (Å²) in [5.41, 5.74) is 6.03. The van der Waals surface area contributed by atoms with E-state index in [1.165, 1.54) is 0 Å². The van der Waals surface area contributed by atoms with Gasteiger partial charge in [-0.15, -0.1) is 5.54 Å². The van der Waals surface area contributed by atoms with E-state index in [0.717, 1.165) is 17.4 Å². The van der Waals surface area contributed by atoms with Crippen LogP contribution in [0.3, 0.4) is 0 Å². The third-order valence-electron chi connectivity index (χ3n) is 5.64. The zero-order valence-electron chi connectivity index (χ0n) is 19.3. The monoisotopic (exact) mass is 428 g/mol. The molecule has 5 heteroatoms. The van der Waals surface area contributed by atoms with Gasteiger partial charge < -0.3 is 9.16 Å². The predicted molar refractivity (Wildman–Crippen MR) is 126 cm³/mol. The number of hydrogen-bond donors (Lipinski definition) is 0. The fourth-order valence-electron chi connectivity index (χ4n) is 2.91. The average Bonchev–Trinajstić information content (AvgIpc) is 2.93. The Balaban J connectivity index is 2.33. The highest BCUT2D eigenvalue weighted by molar-refractivity contribution is 6.83. The summed E-state index contributed by atoms with van der Waals surface area (Å²) >= 11 is 0. The highest BCUT2D eigenvalue weighted by Crippen LogP contribution is 2.41. The van der Waals surface area contributed by atoms with Gasteiger partial charge >= 0.3 is 0 Å². The fraction of sp³-hybridized carbons (Fsp3) is 0.542. The minimum absolute atomic E-state index is 0.0919. The first-order valence-electron chi connectivity index (χ1n) is 10.4. The van der Waals surface area contributed by atoms with Crippen molar-refractivity contribution in [1.82, 2.24) is 0 Å². The van der Waals surface area contributed by atoms with Gasteiger partial charge in [0.15, 0.2) is 8.32 Å². The number of carbonyl (C=O) groups excluding carboxylic acids is 1. The van der Waals surface area contributed by atoms with Crippen LogP contribution in [0.2, 0.25) is 37.8 Å². The molecule has 0 amide bonds. The van der Waals surface area contributed by atoms with Gasteiger partial charge in [0.25, 0.3) is 0 Å². The van der Waals surface area contributed by atoms with Gasteiger partial charge in [0.05, 0.1) is 18.8 Å². The first-order valence-corrected chi connectivity index (χ1v) is 16.8. The summed E-state index contributed by atoms with van der Waals surface area (Å²) in [5, 5.41) is 0.0919. The third kappa shape index (κ3) is 6.51. The van der Waals surface area contributed by atoms with E-state index in [1.54, 1.807) is 0 Å². The predicted octanol–water partition coefficient (Wildman–Crippen LogP) is 5.74. The fourth-order valence-corrected chi connectivity index (χ4v) is 4.70. The molecule has 1 aromatic rings. The molecule has 0 fully saturated rings. The number of rotatable bonds is 6. The Hall–Kier alpha value is -1.46. The average molecular weight is 429 g/mol. The number of carbonyl (C=O) groups is 1. The molecule has 0 radical (unpaired) electrons. The maximum Gasteiger partial charge on any atom is 0.192 e. The molecule has 1 aliphatic carbocycles. The molecule has 0 unspecified atom stereocenters. The second-order valence-electron chi connectivity index (χ2n) is 10.4. The topological polar surface area (TPSA) is 35.5 Å². The molecule has 0 bridgehead atoms. The van der Waals surface area contributed by atoms with Gasteiger partial charge in [-0.05, 0) is 23.7 Å². The first-order chi connectivity index (χ1) is 13.3. The molecule has 0 heterocycles. The smallest absolute Gasteiger partial charge is 0.192 e. The second kappa shape index (κ2) is 9.13. The van der Waals surface area contributed by atoms with E-state index < -0.39 is 16.4 Å². The quantitative estimate of drug-likeness (QED) is 0.329. The molecule has 29 heavy (non-hydrogen) atoms. The first kappa shape index (κ1) is 23.8. The summed E-state index contributed by atoms with van der Waals surface area (Å²) in [6.07, 6.45) is 1.15. The largest absolute Gasteiger partial charge is 0.409 e. The minimum Gasteiger partial charge on any atom is -0.409 e. The summed E-state index contributed by atoms with van der Waals surface area (Å²) in [6, 6.07) is 10.1. The van der Waals surface area contributed by atoms with Gasteiger partial charge in [0.2, 0.25) is 0 Å². The molecule has 0 aromatic heterocycles. The highest BCUT2D eigenvalue weighted by atomic mass is 28.4. The maximum atomic E-state index is 12.0. The molecule has 0 N–H and O–H groups in total. The molecule has 0 saturated heterocycles. The number of hydrogen-bond acceptors (Lipinski definition) is 3. The lowest BCUT2D eigenvalue weighted by molar-refractivity contribution is -0.106. The van der Waals surface area contributed by atoms with Gasteiger partial charge in [0, 0.05) is 17.6 Å². The van der Waals surface area contributed by atoms with E-state index in [0.29, 0.717) is 18.6 Å². The molecule has 3 nitrogen and oxygen atoms in total. The van der Waals surface area contributed by atoms with E-state index in [4.69, 9.17) is 9.16 Å².